The van der Waals surface area contributed by atoms with Gasteiger partial charge < -0.3 is 14.7 Å². The topological polar surface area (TPSA) is 40.5 Å². The van der Waals surface area contributed by atoms with E-state index in [1.165, 1.54) is 0 Å². The normalized spacial score (nSPS) is 14.3. The van der Waals surface area contributed by atoms with Gasteiger partial charge >= 0.3 is 0 Å². The number of aliphatic hydroxyl groups is 2. The SMILES string of the molecule is C=CC(Cl)[N+](C)(CCO)CCO. The van der Waals surface area contributed by atoms with Gasteiger partial charge in [-0.1, -0.05) is 18.2 Å². The van der Waals surface area contributed by atoms with Crippen molar-refractivity contribution in [2.24, 2.45) is 0 Å². The molecule has 0 heterocycles. The molecule has 0 aromatic carbocycles. The van der Waals surface area contributed by atoms with Crippen LogP contribution in [0.3, 0.4) is 0 Å². The number of quaternary nitrogens is 1. The van der Waals surface area contributed by atoms with Gasteiger partial charge in [0.25, 0.3) is 0 Å². The van der Waals surface area contributed by atoms with E-state index in [-0.39, 0.29) is 18.7 Å². The van der Waals surface area contributed by atoms with Crippen LogP contribution in [0.2, 0.25) is 0 Å². The third kappa shape index (κ3) is 3.11. The predicted octanol–water partition coefficient (Wildman–Crippen LogP) is 0.168. The lowest BCUT2D eigenvalue weighted by Crippen LogP contribution is -2.52. The highest BCUT2D eigenvalue weighted by molar-refractivity contribution is 6.20. The van der Waals surface area contributed by atoms with Gasteiger partial charge in [-0.3, -0.25) is 0 Å². The van der Waals surface area contributed by atoms with Gasteiger partial charge in [0.05, 0.1) is 20.3 Å². The second kappa shape index (κ2) is 5.54. The summed E-state index contributed by atoms with van der Waals surface area (Å²) in [5.41, 5.74) is -0.260. The Morgan fingerprint density at radius 3 is 2.08 bits per heavy atom. The number of aliphatic hydroxyl groups excluding tert-OH is 2. The van der Waals surface area contributed by atoms with Gasteiger partial charge in [0.15, 0.2) is 5.50 Å². The lowest BCUT2D eigenvalue weighted by Gasteiger charge is -2.36. The van der Waals surface area contributed by atoms with E-state index < -0.39 is 0 Å². The molecular weight excluding hydrogens is 178 g/mol. The number of hydrogen-bond donors (Lipinski definition) is 2. The van der Waals surface area contributed by atoms with E-state index in [1.807, 2.05) is 7.05 Å². The summed E-state index contributed by atoms with van der Waals surface area (Å²) in [6.07, 6.45) is 1.62. The zero-order valence-corrected chi connectivity index (χ0v) is 8.17. The van der Waals surface area contributed by atoms with Crippen molar-refractivity contribution in [3.05, 3.63) is 12.7 Å². The monoisotopic (exact) mass is 194 g/mol. The average molecular weight is 195 g/mol. The molecule has 72 valence electrons. The first-order chi connectivity index (χ1) is 5.60. The van der Waals surface area contributed by atoms with Gasteiger partial charge in [-0.2, -0.15) is 0 Å². The molecule has 0 bridgehead atoms. The molecule has 3 nitrogen and oxygen atoms in total. The quantitative estimate of drug-likeness (QED) is 0.274. The third-order valence-electron chi connectivity index (χ3n) is 2.01. The summed E-state index contributed by atoms with van der Waals surface area (Å²) in [6, 6.07) is 0. The molecule has 0 spiro atoms. The smallest absolute Gasteiger partial charge is 0.183 e. The van der Waals surface area contributed by atoms with Crippen molar-refractivity contribution in [1.29, 1.82) is 0 Å². The van der Waals surface area contributed by atoms with Crippen LogP contribution in [0.5, 0.6) is 0 Å². The van der Waals surface area contributed by atoms with Gasteiger partial charge in [-0.25, -0.2) is 0 Å². The zero-order chi connectivity index (χ0) is 9.61. The van der Waals surface area contributed by atoms with Crippen LogP contribution >= 0.6 is 11.6 Å². The second-order valence-electron chi connectivity index (χ2n) is 2.98. The molecule has 1 atom stereocenters. The zero-order valence-electron chi connectivity index (χ0n) is 7.41. The maximum absolute atomic E-state index is 8.78. The summed E-state index contributed by atoms with van der Waals surface area (Å²) in [6.45, 7) is 4.76. The highest BCUT2D eigenvalue weighted by Gasteiger charge is 2.27. The largest absolute Gasteiger partial charge is 0.391 e. The van der Waals surface area contributed by atoms with Crippen molar-refractivity contribution < 1.29 is 14.7 Å². The molecule has 0 aromatic rings. The Morgan fingerprint density at radius 2 is 1.83 bits per heavy atom. The van der Waals surface area contributed by atoms with Crippen molar-refractivity contribution >= 4 is 11.6 Å². The molecule has 0 rings (SSSR count). The number of nitrogens with zero attached hydrogens (tertiary/aromatic N) is 1. The van der Waals surface area contributed by atoms with E-state index in [1.54, 1.807) is 6.08 Å². The second-order valence-corrected chi connectivity index (χ2v) is 3.43. The number of halogens is 1. The number of hydrogen-bond acceptors (Lipinski definition) is 2. The standard InChI is InChI=1S/C8H17ClNO2/c1-3-8(9)10(2,4-6-11)5-7-12/h3,8,11-12H,1,4-7H2,2H3/q+1. The molecule has 1 unspecified atom stereocenters. The van der Waals surface area contributed by atoms with E-state index in [0.717, 1.165) is 0 Å². The van der Waals surface area contributed by atoms with Crippen LogP contribution < -0.4 is 0 Å². The Morgan fingerprint density at radius 1 is 1.42 bits per heavy atom. The maximum atomic E-state index is 8.78. The Bertz CT molecular complexity index is 135. The molecular formula is C8H17ClNO2+. The minimum absolute atomic E-state index is 0.0631. The minimum Gasteiger partial charge on any atom is -0.391 e. The number of likely N-dealkylation sites (N-methyl/N-ethyl adjacent to an activating group) is 1. The first-order valence-electron chi connectivity index (χ1n) is 3.93. The minimum atomic E-state index is -0.260. The molecule has 0 amide bonds. The Kier molecular flexibility index (Phi) is 5.50. The van der Waals surface area contributed by atoms with Gasteiger partial charge in [-0.05, 0) is 6.08 Å². The van der Waals surface area contributed by atoms with Crippen molar-refractivity contribution in [3.63, 3.8) is 0 Å². The van der Waals surface area contributed by atoms with Crippen LogP contribution in [0.25, 0.3) is 0 Å². The van der Waals surface area contributed by atoms with Crippen molar-refractivity contribution in [2.75, 3.05) is 33.4 Å². The molecule has 0 saturated carbocycles. The van der Waals surface area contributed by atoms with Crippen LogP contribution in [0.4, 0.5) is 0 Å². The molecule has 0 saturated heterocycles. The summed E-state index contributed by atoms with van der Waals surface area (Å²) in [5, 5.41) is 17.6. The summed E-state index contributed by atoms with van der Waals surface area (Å²) in [4.78, 5) is 0. The molecule has 4 heteroatoms. The van der Waals surface area contributed by atoms with E-state index in [2.05, 4.69) is 6.58 Å². The van der Waals surface area contributed by atoms with Crippen molar-refractivity contribution in [3.8, 4) is 0 Å². The summed E-state index contributed by atoms with van der Waals surface area (Å²) in [5.74, 6) is 0. The fraction of sp³-hybridized carbons (Fsp3) is 0.750. The maximum Gasteiger partial charge on any atom is 0.183 e. The van der Waals surface area contributed by atoms with Crippen molar-refractivity contribution in [1.82, 2.24) is 0 Å². The highest BCUT2D eigenvalue weighted by atomic mass is 35.5. The fourth-order valence-corrected chi connectivity index (χ4v) is 1.27. The predicted molar refractivity (Wildman–Crippen MR) is 49.9 cm³/mol. The molecule has 0 aliphatic carbocycles. The van der Waals surface area contributed by atoms with Crippen LogP contribution in [-0.2, 0) is 0 Å². The average Bonchev–Trinajstić information content (AvgIpc) is 2.04. The first kappa shape index (κ1) is 11.9. The first-order valence-corrected chi connectivity index (χ1v) is 4.37. The molecule has 0 aliphatic heterocycles. The highest BCUT2D eigenvalue weighted by Crippen LogP contribution is 2.14. The Balaban J connectivity index is 4.25. The summed E-state index contributed by atoms with van der Waals surface area (Å²) in [7, 11) is 1.88. The summed E-state index contributed by atoms with van der Waals surface area (Å²) < 4.78 is 0.415. The van der Waals surface area contributed by atoms with Crippen LogP contribution in [-0.4, -0.2) is 53.5 Å². The Hall–Kier alpha value is -0.0900. The lowest BCUT2D eigenvalue weighted by atomic mass is 10.3. The van der Waals surface area contributed by atoms with Crippen molar-refractivity contribution in [2.45, 2.75) is 5.50 Å². The lowest BCUT2D eigenvalue weighted by molar-refractivity contribution is -0.915. The molecule has 0 aromatic heterocycles. The van der Waals surface area contributed by atoms with Gasteiger partial charge in [0.1, 0.15) is 13.1 Å². The molecule has 12 heavy (non-hydrogen) atoms. The van der Waals surface area contributed by atoms with Crippen LogP contribution in [0, 0.1) is 0 Å². The van der Waals surface area contributed by atoms with Crippen LogP contribution in [0.15, 0.2) is 12.7 Å². The van der Waals surface area contributed by atoms with E-state index in [9.17, 15) is 0 Å². The third-order valence-corrected chi connectivity index (χ3v) is 2.66. The molecule has 0 fully saturated rings. The number of alkyl halides is 1. The number of rotatable bonds is 6. The molecule has 0 radical (unpaired) electrons. The van der Waals surface area contributed by atoms with Crippen LogP contribution in [0.1, 0.15) is 0 Å². The summed E-state index contributed by atoms with van der Waals surface area (Å²) >= 11 is 5.96. The van der Waals surface area contributed by atoms with Gasteiger partial charge in [-0.15, -0.1) is 0 Å². The van der Waals surface area contributed by atoms with Gasteiger partial charge in [0.2, 0.25) is 0 Å². The van der Waals surface area contributed by atoms with E-state index >= 15 is 0 Å². The van der Waals surface area contributed by atoms with E-state index in [4.69, 9.17) is 21.8 Å². The fourth-order valence-electron chi connectivity index (χ4n) is 1.07. The molecule has 2 N–H and O–H groups in total. The van der Waals surface area contributed by atoms with E-state index in [0.29, 0.717) is 17.6 Å². The van der Waals surface area contributed by atoms with Gasteiger partial charge in [0, 0.05) is 0 Å². The Labute approximate surface area is 78.5 Å². The molecule has 0 aliphatic rings.